The van der Waals surface area contributed by atoms with Crippen molar-refractivity contribution >= 4 is 27.3 Å². The highest BCUT2D eigenvalue weighted by Gasteiger charge is 2.22. The van der Waals surface area contributed by atoms with Gasteiger partial charge >= 0.3 is 0 Å². The van der Waals surface area contributed by atoms with Crippen molar-refractivity contribution in [1.82, 2.24) is 19.9 Å². The highest BCUT2D eigenvalue weighted by atomic mass is 32.1. The first-order chi connectivity index (χ1) is 15.9. The van der Waals surface area contributed by atoms with Crippen molar-refractivity contribution in [3.05, 3.63) is 39.8 Å². The summed E-state index contributed by atoms with van der Waals surface area (Å²) in [7, 11) is 4.59. The molecule has 176 valence electrons. The van der Waals surface area contributed by atoms with E-state index in [-0.39, 0.29) is 12.2 Å². The number of nitrogens with zero attached hydrogens (tertiary/aromatic N) is 4. The molecule has 3 aromatic rings. The molecule has 1 saturated heterocycles. The number of carbonyl (C=O) groups is 1. The van der Waals surface area contributed by atoms with Crippen molar-refractivity contribution in [2.24, 2.45) is 5.92 Å². The number of hydrogen-bond donors (Lipinski definition) is 1. The smallest absolute Gasteiger partial charge is 0.274 e. The van der Waals surface area contributed by atoms with Gasteiger partial charge in [-0.1, -0.05) is 18.3 Å². The average Bonchev–Trinajstić information content (AvgIpc) is 3.25. The average molecular weight is 474 g/mol. The lowest BCUT2D eigenvalue weighted by atomic mass is 10.00. The Hall–Kier alpha value is -3.34. The number of fused-ring (bicyclic) bond motifs is 1. The predicted molar refractivity (Wildman–Crippen MR) is 125 cm³/mol. The van der Waals surface area contributed by atoms with Gasteiger partial charge in [-0.05, 0) is 36.5 Å². The zero-order chi connectivity index (χ0) is 23.5. The van der Waals surface area contributed by atoms with Gasteiger partial charge in [0.25, 0.3) is 11.5 Å². The number of nitrogens with one attached hydrogen (secondary N) is 1. The number of rotatable bonds is 7. The molecule has 3 heterocycles. The van der Waals surface area contributed by atoms with E-state index in [1.54, 1.807) is 12.1 Å². The number of benzene rings is 1. The van der Waals surface area contributed by atoms with Crippen LogP contribution in [0.25, 0.3) is 4.96 Å². The summed E-state index contributed by atoms with van der Waals surface area (Å²) < 4.78 is 17.5. The fourth-order valence-electron chi connectivity index (χ4n) is 3.81. The van der Waals surface area contributed by atoms with Gasteiger partial charge < -0.3 is 24.4 Å². The van der Waals surface area contributed by atoms with Crippen molar-refractivity contribution in [3.8, 4) is 17.2 Å². The molecule has 4 rings (SSSR count). The number of hydrogen-bond acceptors (Lipinski definition) is 9. The van der Waals surface area contributed by atoms with Crippen LogP contribution in [0.3, 0.4) is 0 Å². The van der Waals surface area contributed by atoms with E-state index in [4.69, 9.17) is 14.2 Å². The van der Waals surface area contributed by atoms with E-state index in [1.807, 2.05) is 0 Å². The minimum Gasteiger partial charge on any atom is -0.493 e. The normalized spacial score (nSPS) is 14.4. The second-order valence-corrected chi connectivity index (χ2v) is 8.88. The third-order valence-corrected chi connectivity index (χ3v) is 6.68. The molecule has 1 N–H and O–H groups in total. The van der Waals surface area contributed by atoms with Crippen LogP contribution in [-0.2, 0) is 6.54 Å². The van der Waals surface area contributed by atoms with E-state index in [0.717, 1.165) is 36.6 Å². The molecule has 0 saturated carbocycles. The Morgan fingerprint density at radius 3 is 2.39 bits per heavy atom. The fraction of sp³-hybridized carbons (Fsp3) is 0.455. The summed E-state index contributed by atoms with van der Waals surface area (Å²) >= 11 is 1.32. The third-order valence-electron chi connectivity index (χ3n) is 5.71. The lowest BCUT2D eigenvalue weighted by Gasteiger charge is -2.29. The number of amides is 1. The van der Waals surface area contributed by atoms with Crippen molar-refractivity contribution in [2.45, 2.75) is 26.3 Å². The number of aromatic nitrogens is 3. The maximum Gasteiger partial charge on any atom is 0.274 e. The first kappa shape index (κ1) is 22.8. The SMILES string of the molecule is COc1cc(CNC(=O)c2cc(=O)nc3sc(N4CCC(C)CC4)nn23)cc(OC)c1OC. The number of ether oxygens (including phenoxy) is 3. The van der Waals surface area contributed by atoms with E-state index < -0.39 is 11.5 Å². The van der Waals surface area contributed by atoms with Crippen LogP contribution in [-0.4, -0.2) is 54.9 Å². The molecule has 1 fully saturated rings. The van der Waals surface area contributed by atoms with Crippen molar-refractivity contribution < 1.29 is 19.0 Å². The van der Waals surface area contributed by atoms with Gasteiger partial charge in [-0.3, -0.25) is 9.59 Å². The fourth-order valence-corrected chi connectivity index (χ4v) is 4.76. The van der Waals surface area contributed by atoms with Gasteiger partial charge in [-0.15, -0.1) is 5.10 Å². The van der Waals surface area contributed by atoms with Crippen molar-refractivity contribution in [3.63, 3.8) is 0 Å². The maximum absolute atomic E-state index is 13.0. The van der Waals surface area contributed by atoms with E-state index in [1.165, 1.54) is 43.2 Å². The third kappa shape index (κ3) is 4.72. The molecule has 10 nitrogen and oxygen atoms in total. The molecule has 1 aliphatic rings. The van der Waals surface area contributed by atoms with Gasteiger partial charge in [0, 0.05) is 25.7 Å². The molecule has 33 heavy (non-hydrogen) atoms. The molecule has 11 heteroatoms. The molecular formula is C22H27N5O5S. The second kappa shape index (κ2) is 9.65. The summed E-state index contributed by atoms with van der Waals surface area (Å²) in [4.78, 5) is 31.8. The Morgan fingerprint density at radius 2 is 1.79 bits per heavy atom. The Morgan fingerprint density at radius 1 is 1.12 bits per heavy atom. The lowest BCUT2D eigenvalue weighted by molar-refractivity contribution is 0.0943. The highest BCUT2D eigenvalue weighted by Crippen LogP contribution is 2.38. The molecular weight excluding hydrogens is 446 g/mol. The zero-order valence-corrected chi connectivity index (χ0v) is 19.9. The topological polar surface area (TPSA) is 107 Å². The predicted octanol–water partition coefficient (Wildman–Crippen LogP) is 2.34. The quantitative estimate of drug-likeness (QED) is 0.557. The Balaban J connectivity index is 1.58. The molecule has 0 spiro atoms. The van der Waals surface area contributed by atoms with Crippen LogP contribution in [0.2, 0.25) is 0 Å². The second-order valence-electron chi connectivity index (χ2n) is 7.94. The number of carbonyl (C=O) groups excluding carboxylic acids is 1. The van der Waals surface area contributed by atoms with Crippen LogP contribution in [0.1, 0.15) is 35.8 Å². The van der Waals surface area contributed by atoms with Crippen LogP contribution in [0.15, 0.2) is 23.0 Å². The lowest BCUT2D eigenvalue weighted by Crippen LogP contribution is -2.32. The minimum atomic E-state index is -0.476. The molecule has 1 amide bonds. The monoisotopic (exact) mass is 473 g/mol. The molecule has 1 aromatic carbocycles. The Bertz CT molecular complexity index is 1190. The van der Waals surface area contributed by atoms with Crippen LogP contribution < -0.4 is 30.0 Å². The molecule has 0 unspecified atom stereocenters. The Labute approximate surface area is 195 Å². The first-order valence-corrected chi connectivity index (χ1v) is 11.5. The molecule has 0 aliphatic carbocycles. The van der Waals surface area contributed by atoms with E-state index in [0.29, 0.717) is 28.1 Å². The van der Waals surface area contributed by atoms with Crippen molar-refractivity contribution in [1.29, 1.82) is 0 Å². The van der Waals surface area contributed by atoms with E-state index >= 15 is 0 Å². The van der Waals surface area contributed by atoms with Gasteiger partial charge in [0.2, 0.25) is 15.8 Å². The first-order valence-electron chi connectivity index (χ1n) is 10.7. The summed E-state index contributed by atoms with van der Waals surface area (Å²) in [6.07, 6.45) is 2.17. The van der Waals surface area contributed by atoms with Crippen LogP contribution >= 0.6 is 11.3 Å². The molecule has 0 radical (unpaired) electrons. The van der Waals surface area contributed by atoms with Gasteiger partial charge in [-0.25, -0.2) is 0 Å². The number of piperidine rings is 1. The summed E-state index contributed by atoms with van der Waals surface area (Å²) in [5.41, 5.74) is 0.414. The summed E-state index contributed by atoms with van der Waals surface area (Å²) in [6.45, 7) is 4.23. The van der Waals surface area contributed by atoms with Gasteiger partial charge in [0.15, 0.2) is 11.5 Å². The summed E-state index contributed by atoms with van der Waals surface area (Å²) in [6, 6.07) is 4.72. The highest BCUT2D eigenvalue weighted by molar-refractivity contribution is 7.20. The standard InChI is InChI=1S/C22H27N5O5S/c1-13-5-7-26(8-6-13)22-25-27-15(11-18(28)24-21(27)33-22)20(29)23-12-14-9-16(30-2)19(32-4)17(10-14)31-3/h9-11,13H,5-8,12H2,1-4H3,(H,23,29). The van der Waals surface area contributed by atoms with Gasteiger partial charge in [0.05, 0.1) is 21.3 Å². The molecule has 2 aromatic heterocycles. The van der Waals surface area contributed by atoms with Crippen molar-refractivity contribution in [2.75, 3.05) is 39.3 Å². The van der Waals surface area contributed by atoms with Crippen LogP contribution in [0, 0.1) is 5.92 Å². The van der Waals surface area contributed by atoms with E-state index in [9.17, 15) is 9.59 Å². The van der Waals surface area contributed by atoms with Gasteiger partial charge in [0.1, 0.15) is 5.69 Å². The number of methoxy groups -OCH3 is 3. The molecule has 0 atom stereocenters. The van der Waals surface area contributed by atoms with E-state index in [2.05, 4.69) is 27.2 Å². The zero-order valence-electron chi connectivity index (χ0n) is 19.1. The van der Waals surface area contributed by atoms with Gasteiger partial charge in [-0.2, -0.15) is 9.50 Å². The Kier molecular flexibility index (Phi) is 6.68. The van der Waals surface area contributed by atoms with Crippen LogP contribution in [0.4, 0.5) is 5.13 Å². The largest absolute Gasteiger partial charge is 0.493 e. The minimum absolute atomic E-state index is 0.144. The summed E-state index contributed by atoms with van der Waals surface area (Å²) in [5, 5.41) is 8.20. The molecule has 0 bridgehead atoms. The molecule has 1 aliphatic heterocycles. The van der Waals surface area contributed by atoms with Crippen LogP contribution in [0.5, 0.6) is 17.2 Å². The summed E-state index contributed by atoms with van der Waals surface area (Å²) in [5.74, 6) is 1.71. The maximum atomic E-state index is 13.0. The number of anilines is 1.